The summed E-state index contributed by atoms with van der Waals surface area (Å²) >= 11 is 0. The summed E-state index contributed by atoms with van der Waals surface area (Å²) in [6, 6.07) is 6.73. The normalized spacial score (nSPS) is 10.7. The molecule has 0 radical (unpaired) electrons. The summed E-state index contributed by atoms with van der Waals surface area (Å²) in [7, 11) is 1.85. The second-order valence-corrected chi connectivity index (χ2v) is 4.36. The van der Waals surface area contributed by atoms with Crippen molar-refractivity contribution in [3.8, 4) is 5.75 Å². The van der Waals surface area contributed by atoms with Crippen molar-refractivity contribution in [2.75, 3.05) is 0 Å². The molecule has 0 aliphatic rings. The zero-order valence-electron chi connectivity index (χ0n) is 11.2. The van der Waals surface area contributed by atoms with Crippen molar-refractivity contribution in [1.29, 1.82) is 0 Å². The molecule has 0 atom stereocenters. The Balaban J connectivity index is 2.07. The van der Waals surface area contributed by atoms with Crippen LogP contribution in [-0.2, 0) is 26.6 Å². The van der Waals surface area contributed by atoms with Crippen LogP contribution >= 0.6 is 0 Å². The van der Waals surface area contributed by atoms with Crippen molar-refractivity contribution in [3.63, 3.8) is 0 Å². The zero-order chi connectivity index (χ0) is 13.8. The van der Waals surface area contributed by atoms with Gasteiger partial charge < -0.3 is 10.5 Å². The lowest BCUT2D eigenvalue weighted by Gasteiger charge is -2.08. The fourth-order valence-corrected chi connectivity index (χ4v) is 1.82. The Morgan fingerprint density at radius 3 is 2.74 bits per heavy atom. The molecule has 1 heterocycles. The molecular formula is C14H18FN3O. The average Bonchev–Trinajstić information content (AvgIpc) is 2.78. The maximum atomic E-state index is 13.7. The maximum Gasteiger partial charge on any atom is 0.165 e. The molecule has 0 aliphatic carbocycles. The van der Waals surface area contributed by atoms with Crippen LogP contribution in [-0.4, -0.2) is 9.78 Å². The first-order valence-corrected chi connectivity index (χ1v) is 6.27. The topological polar surface area (TPSA) is 53.1 Å². The van der Waals surface area contributed by atoms with Crippen LogP contribution in [0.1, 0.15) is 23.9 Å². The number of aromatic nitrogens is 2. The minimum Gasteiger partial charge on any atom is -0.484 e. The lowest BCUT2D eigenvalue weighted by molar-refractivity contribution is 0.280. The van der Waals surface area contributed by atoms with E-state index < -0.39 is 0 Å². The fourth-order valence-electron chi connectivity index (χ4n) is 1.82. The Kier molecular flexibility index (Phi) is 4.16. The van der Waals surface area contributed by atoms with Gasteiger partial charge in [0.2, 0.25) is 0 Å². The number of benzene rings is 1. The highest BCUT2D eigenvalue weighted by Crippen LogP contribution is 2.19. The second-order valence-electron chi connectivity index (χ2n) is 4.36. The van der Waals surface area contributed by atoms with Gasteiger partial charge in [0, 0.05) is 13.6 Å². The smallest absolute Gasteiger partial charge is 0.165 e. The van der Waals surface area contributed by atoms with E-state index in [-0.39, 0.29) is 11.6 Å². The quantitative estimate of drug-likeness (QED) is 0.899. The molecular weight excluding hydrogens is 245 g/mol. The summed E-state index contributed by atoms with van der Waals surface area (Å²) in [4.78, 5) is 0. The predicted molar refractivity (Wildman–Crippen MR) is 71.2 cm³/mol. The molecule has 5 heteroatoms. The van der Waals surface area contributed by atoms with Crippen LogP contribution in [0.4, 0.5) is 4.39 Å². The average molecular weight is 263 g/mol. The number of hydrogen-bond donors (Lipinski definition) is 1. The Morgan fingerprint density at radius 1 is 1.37 bits per heavy atom. The number of ether oxygens (including phenoxy) is 1. The first kappa shape index (κ1) is 13.5. The first-order valence-electron chi connectivity index (χ1n) is 6.27. The van der Waals surface area contributed by atoms with Gasteiger partial charge in [-0.1, -0.05) is 13.0 Å². The van der Waals surface area contributed by atoms with Crippen LogP contribution in [0.25, 0.3) is 0 Å². The van der Waals surface area contributed by atoms with Crippen molar-refractivity contribution in [2.45, 2.75) is 26.5 Å². The van der Waals surface area contributed by atoms with Gasteiger partial charge >= 0.3 is 0 Å². The number of aryl methyl sites for hydroxylation is 2. The standard InChI is InChI=1S/C14H18FN3O/c1-3-11-7-12(18(2)17-11)9-19-14-5-4-10(8-16)6-13(14)15/h4-7H,3,8-9,16H2,1-2H3. The van der Waals surface area contributed by atoms with E-state index in [1.54, 1.807) is 16.8 Å². The van der Waals surface area contributed by atoms with Gasteiger partial charge in [0.15, 0.2) is 11.6 Å². The molecule has 2 rings (SSSR count). The zero-order valence-corrected chi connectivity index (χ0v) is 11.2. The molecule has 1 aromatic heterocycles. The van der Waals surface area contributed by atoms with Crippen molar-refractivity contribution in [1.82, 2.24) is 9.78 Å². The highest BCUT2D eigenvalue weighted by Gasteiger charge is 2.08. The van der Waals surface area contributed by atoms with Gasteiger partial charge in [-0.25, -0.2) is 4.39 Å². The molecule has 19 heavy (non-hydrogen) atoms. The Labute approximate surface area is 112 Å². The summed E-state index contributed by atoms with van der Waals surface area (Å²) in [5.74, 6) is -0.155. The molecule has 0 unspecified atom stereocenters. The van der Waals surface area contributed by atoms with Crippen LogP contribution in [0.3, 0.4) is 0 Å². The van der Waals surface area contributed by atoms with Gasteiger partial charge in [-0.05, 0) is 30.2 Å². The third-order valence-electron chi connectivity index (χ3n) is 3.00. The summed E-state index contributed by atoms with van der Waals surface area (Å²) in [6.45, 7) is 2.65. The number of halogens is 1. The molecule has 0 saturated heterocycles. The number of rotatable bonds is 5. The molecule has 0 bridgehead atoms. The minimum atomic E-state index is -0.388. The van der Waals surface area contributed by atoms with Crippen molar-refractivity contribution < 1.29 is 9.13 Å². The molecule has 102 valence electrons. The number of nitrogens with two attached hydrogens (primary N) is 1. The van der Waals surface area contributed by atoms with Crippen LogP contribution in [0.5, 0.6) is 5.75 Å². The van der Waals surface area contributed by atoms with E-state index in [1.807, 2.05) is 20.0 Å². The van der Waals surface area contributed by atoms with Crippen LogP contribution in [0.15, 0.2) is 24.3 Å². The van der Waals surface area contributed by atoms with Crippen molar-refractivity contribution >= 4 is 0 Å². The van der Waals surface area contributed by atoms with Crippen molar-refractivity contribution in [3.05, 3.63) is 47.0 Å². The van der Waals surface area contributed by atoms with Gasteiger partial charge in [-0.2, -0.15) is 5.10 Å². The van der Waals surface area contributed by atoms with Gasteiger partial charge in [0.1, 0.15) is 6.61 Å². The van der Waals surface area contributed by atoms with E-state index in [2.05, 4.69) is 5.10 Å². The first-order chi connectivity index (χ1) is 9.13. The molecule has 4 nitrogen and oxygen atoms in total. The molecule has 0 spiro atoms. The molecule has 0 aliphatic heterocycles. The van der Waals surface area contributed by atoms with E-state index in [1.165, 1.54) is 6.07 Å². The summed E-state index contributed by atoms with van der Waals surface area (Å²) < 4.78 is 20.9. The predicted octanol–water partition coefficient (Wildman–Crippen LogP) is 2.16. The van der Waals surface area contributed by atoms with Gasteiger partial charge in [-0.3, -0.25) is 4.68 Å². The lowest BCUT2D eigenvalue weighted by Crippen LogP contribution is -2.04. The van der Waals surface area contributed by atoms with Crippen LogP contribution in [0, 0.1) is 5.82 Å². The van der Waals surface area contributed by atoms with E-state index in [9.17, 15) is 4.39 Å². The van der Waals surface area contributed by atoms with E-state index in [4.69, 9.17) is 10.5 Å². The molecule has 2 N–H and O–H groups in total. The minimum absolute atomic E-state index is 0.233. The molecule has 1 aromatic carbocycles. The summed E-state index contributed by atoms with van der Waals surface area (Å²) in [5, 5.41) is 4.32. The Bertz CT molecular complexity index is 566. The van der Waals surface area contributed by atoms with Gasteiger partial charge in [-0.15, -0.1) is 0 Å². The van der Waals surface area contributed by atoms with Gasteiger partial charge in [0.25, 0.3) is 0 Å². The molecule has 2 aromatic rings. The SMILES string of the molecule is CCc1cc(COc2ccc(CN)cc2F)n(C)n1. The molecule has 0 amide bonds. The summed E-state index contributed by atoms with van der Waals surface area (Å²) in [5.41, 5.74) is 8.12. The number of nitrogens with zero attached hydrogens (tertiary/aromatic N) is 2. The monoisotopic (exact) mass is 263 g/mol. The highest BCUT2D eigenvalue weighted by molar-refractivity contribution is 5.29. The molecule has 0 fully saturated rings. The lowest BCUT2D eigenvalue weighted by atomic mass is 10.2. The third kappa shape index (κ3) is 3.12. The third-order valence-corrected chi connectivity index (χ3v) is 3.00. The largest absolute Gasteiger partial charge is 0.484 e. The Hall–Kier alpha value is -1.88. The van der Waals surface area contributed by atoms with Crippen LogP contribution < -0.4 is 10.5 Å². The van der Waals surface area contributed by atoms with E-state index >= 15 is 0 Å². The second kappa shape index (κ2) is 5.84. The summed E-state index contributed by atoms with van der Waals surface area (Å²) in [6.07, 6.45) is 0.868. The van der Waals surface area contributed by atoms with E-state index in [0.717, 1.165) is 23.4 Å². The number of hydrogen-bond acceptors (Lipinski definition) is 3. The highest BCUT2D eigenvalue weighted by atomic mass is 19.1. The van der Waals surface area contributed by atoms with Crippen LogP contribution in [0.2, 0.25) is 0 Å². The van der Waals surface area contributed by atoms with Gasteiger partial charge in [0.05, 0.1) is 11.4 Å². The Morgan fingerprint density at radius 2 is 2.16 bits per heavy atom. The van der Waals surface area contributed by atoms with E-state index in [0.29, 0.717) is 13.2 Å². The fraction of sp³-hybridized carbons (Fsp3) is 0.357. The van der Waals surface area contributed by atoms with Crippen molar-refractivity contribution in [2.24, 2.45) is 12.8 Å². The molecule has 0 saturated carbocycles. The maximum absolute atomic E-state index is 13.7.